The molecule has 0 unspecified atom stereocenters. The molecule has 2 aromatic rings. The number of hydrogen-bond donors (Lipinski definition) is 1. The summed E-state index contributed by atoms with van der Waals surface area (Å²) < 4.78 is 53.0. The zero-order valence-electron chi connectivity index (χ0n) is 9.70. The standard InChI is InChI=1S/C12H7BrClF2NO2S/c13-8-5-7(15)6-9(14)12(8)17-20(18,19)11-4-2-1-3-10(11)16/h1-6,17H. The van der Waals surface area contributed by atoms with Crippen LogP contribution in [0.5, 0.6) is 0 Å². The molecular formula is C12H7BrClF2NO2S. The van der Waals surface area contributed by atoms with Gasteiger partial charge < -0.3 is 0 Å². The topological polar surface area (TPSA) is 46.2 Å². The van der Waals surface area contributed by atoms with Gasteiger partial charge in [0.25, 0.3) is 10.0 Å². The summed E-state index contributed by atoms with van der Waals surface area (Å²) in [5.74, 6) is -1.52. The van der Waals surface area contributed by atoms with E-state index in [9.17, 15) is 17.2 Å². The highest BCUT2D eigenvalue weighted by Gasteiger charge is 2.21. The Kier molecular flexibility index (Phi) is 4.31. The van der Waals surface area contributed by atoms with Crippen molar-refractivity contribution in [2.24, 2.45) is 0 Å². The molecular weight excluding hydrogens is 376 g/mol. The van der Waals surface area contributed by atoms with Crippen LogP contribution in [0.15, 0.2) is 45.8 Å². The number of benzene rings is 2. The van der Waals surface area contributed by atoms with Gasteiger partial charge in [0.15, 0.2) is 0 Å². The van der Waals surface area contributed by atoms with Gasteiger partial charge in [0.2, 0.25) is 0 Å². The highest BCUT2D eigenvalue weighted by molar-refractivity contribution is 9.10. The van der Waals surface area contributed by atoms with Gasteiger partial charge >= 0.3 is 0 Å². The largest absolute Gasteiger partial charge is 0.277 e. The molecule has 2 rings (SSSR count). The van der Waals surface area contributed by atoms with Crippen molar-refractivity contribution >= 4 is 43.2 Å². The summed E-state index contributed by atoms with van der Waals surface area (Å²) in [5.41, 5.74) is -0.0590. The molecule has 0 atom stereocenters. The Morgan fingerprint density at radius 3 is 2.40 bits per heavy atom. The molecule has 0 bridgehead atoms. The van der Waals surface area contributed by atoms with Crippen LogP contribution >= 0.6 is 27.5 Å². The third kappa shape index (κ3) is 3.11. The predicted molar refractivity (Wildman–Crippen MR) is 76.3 cm³/mol. The smallest absolute Gasteiger partial charge is 0.264 e. The molecule has 2 aromatic carbocycles. The molecule has 3 nitrogen and oxygen atoms in total. The number of anilines is 1. The summed E-state index contributed by atoms with van der Waals surface area (Å²) >= 11 is 8.77. The molecule has 0 spiro atoms. The van der Waals surface area contributed by atoms with Crippen molar-refractivity contribution in [1.29, 1.82) is 0 Å². The van der Waals surface area contributed by atoms with Gasteiger partial charge in [-0.3, -0.25) is 4.72 Å². The maximum atomic E-state index is 13.5. The van der Waals surface area contributed by atoms with Crippen LogP contribution in [0, 0.1) is 11.6 Å². The van der Waals surface area contributed by atoms with E-state index in [0.29, 0.717) is 0 Å². The summed E-state index contributed by atoms with van der Waals surface area (Å²) in [6.45, 7) is 0. The maximum absolute atomic E-state index is 13.5. The number of sulfonamides is 1. The minimum atomic E-state index is -4.16. The van der Waals surface area contributed by atoms with E-state index in [1.807, 2.05) is 0 Å². The number of nitrogens with one attached hydrogen (secondary N) is 1. The minimum absolute atomic E-state index is 0.0590. The first-order valence-electron chi connectivity index (χ1n) is 5.23. The fraction of sp³-hybridized carbons (Fsp3) is 0. The van der Waals surface area contributed by atoms with Crippen LogP contribution in [0.4, 0.5) is 14.5 Å². The van der Waals surface area contributed by atoms with Crippen molar-refractivity contribution in [3.63, 3.8) is 0 Å². The Morgan fingerprint density at radius 1 is 1.15 bits per heavy atom. The lowest BCUT2D eigenvalue weighted by atomic mass is 10.3. The second-order valence-electron chi connectivity index (χ2n) is 3.78. The molecule has 0 saturated carbocycles. The van der Waals surface area contributed by atoms with Gasteiger partial charge in [-0.15, -0.1) is 0 Å². The summed E-state index contributed by atoms with van der Waals surface area (Å²) in [7, 11) is -4.16. The van der Waals surface area contributed by atoms with Crippen molar-refractivity contribution in [3.8, 4) is 0 Å². The summed E-state index contributed by atoms with van der Waals surface area (Å²) in [4.78, 5) is -0.521. The highest BCUT2D eigenvalue weighted by atomic mass is 79.9. The second-order valence-corrected chi connectivity index (χ2v) is 6.69. The number of hydrogen-bond acceptors (Lipinski definition) is 2. The van der Waals surface area contributed by atoms with Crippen molar-refractivity contribution in [3.05, 3.63) is 57.5 Å². The van der Waals surface area contributed by atoms with Crippen molar-refractivity contribution in [2.75, 3.05) is 4.72 Å². The Hall–Kier alpha value is -1.18. The fourth-order valence-electron chi connectivity index (χ4n) is 1.49. The number of halogens is 4. The monoisotopic (exact) mass is 381 g/mol. The number of rotatable bonds is 3. The van der Waals surface area contributed by atoms with E-state index in [1.54, 1.807) is 0 Å². The van der Waals surface area contributed by atoms with Crippen LogP contribution in [0.1, 0.15) is 0 Å². The predicted octanol–water partition coefficient (Wildman–Crippen LogP) is 4.18. The third-order valence-electron chi connectivity index (χ3n) is 2.37. The molecule has 0 fully saturated rings. The van der Waals surface area contributed by atoms with Gasteiger partial charge in [0.05, 0.1) is 10.7 Å². The van der Waals surface area contributed by atoms with E-state index in [1.165, 1.54) is 12.1 Å². The maximum Gasteiger partial charge on any atom is 0.264 e. The first-order chi connectivity index (χ1) is 9.31. The molecule has 0 aliphatic rings. The van der Waals surface area contributed by atoms with E-state index >= 15 is 0 Å². The van der Waals surface area contributed by atoms with E-state index in [0.717, 1.165) is 24.3 Å². The highest BCUT2D eigenvalue weighted by Crippen LogP contribution is 2.33. The minimum Gasteiger partial charge on any atom is -0.277 e. The van der Waals surface area contributed by atoms with Crippen LogP contribution in [0.25, 0.3) is 0 Å². The molecule has 0 radical (unpaired) electrons. The molecule has 1 N–H and O–H groups in total. The van der Waals surface area contributed by atoms with Gasteiger partial charge in [-0.25, -0.2) is 17.2 Å². The SMILES string of the molecule is O=S(=O)(Nc1c(Cl)cc(F)cc1Br)c1ccccc1F. The summed E-state index contributed by atoms with van der Waals surface area (Å²) in [5, 5.41) is -0.142. The van der Waals surface area contributed by atoms with E-state index < -0.39 is 26.6 Å². The molecule has 8 heteroatoms. The van der Waals surface area contributed by atoms with Crippen molar-refractivity contribution < 1.29 is 17.2 Å². The summed E-state index contributed by atoms with van der Waals surface area (Å²) in [6, 6.07) is 6.89. The van der Waals surface area contributed by atoms with E-state index in [-0.39, 0.29) is 15.2 Å². The Labute approximate surface area is 127 Å². The van der Waals surface area contributed by atoms with Gasteiger partial charge in [0, 0.05) is 4.47 Å². The van der Waals surface area contributed by atoms with Crippen LogP contribution in [-0.4, -0.2) is 8.42 Å². The Bertz CT molecular complexity index is 745. The zero-order chi connectivity index (χ0) is 14.9. The molecule has 0 aromatic heterocycles. The van der Waals surface area contributed by atoms with Crippen LogP contribution in [0.2, 0.25) is 5.02 Å². The molecule has 0 saturated heterocycles. The van der Waals surface area contributed by atoms with Gasteiger partial charge in [-0.1, -0.05) is 23.7 Å². The normalized spacial score (nSPS) is 11.4. The third-order valence-corrected chi connectivity index (χ3v) is 4.68. The van der Waals surface area contributed by atoms with Crippen molar-refractivity contribution in [1.82, 2.24) is 0 Å². The fourth-order valence-corrected chi connectivity index (χ4v) is 3.76. The lowest BCUT2D eigenvalue weighted by Gasteiger charge is -2.12. The van der Waals surface area contributed by atoms with E-state index in [4.69, 9.17) is 11.6 Å². The van der Waals surface area contributed by atoms with Crippen LogP contribution < -0.4 is 4.72 Å². The molecule has 0 aliphatic carbocycles. The molecule has 0 aliphatic heterocycles. The van der Waals surface area contributed by atoms with Crippen LogP contribution in [0.3, 0.4) is 0 Å². The molecule has 20 heavy (non-hydrogen) atoms. The Balaban J connectivity index is 2.47. The quantitative estimate of drug-likeness (QED) is 0.865. The first-order valence-corrected chi connectivity index (χ1v) is 7.88. The zero-order valence-corrected chi connectivity index (χ0v) is 12.9. The average Bonchev–Trinajstić information content (AvgIpc) is 2.34. The van der Waals surface area contributed by atoms with Gasteiger partial charge in [-0.2, -0.15) is 0 Å². The van der Waals surface area contributed by atoms with Crippen LogP contribution in [-0.2, 0) is 10.0 Å². The van der Waals surface area contributed by atoms with Crippen molar-refractivity contribution in [2.45, 2.75) is 4.90 Å². The second kappa shape index (κ2) is 5.67. The average molecular weight is 383 g/mol. The van der Waals surface area contributed by atoms with Gasteiger partial charge in [-0.05, 0) is 40.2 Å². The first kappa shape index (κ1) is 15.2. The van der Waals surface area contributed by atoms with Gasteiger partial charge in [0.1, 0.15) is 16.5 Å². The van der Waals surface area contributed by atoms with E-state index in [2.05, 4.69) is 20.7 Å². The lowest BCUT2D eigenvalue weighted by Crippen LogP contribution is -2.15. The molecule has 0 amide bonds. The summed E-state index contributed by atoms with van der Waals surface area (Å²) in [6.07, 6.45) is 0. The lowest BCUT2D eigenvalue weighted by molar-refractivity contribution is 0.570. The molecule has 0 heterocycles. The molecule has 106 valence electrons. The Morgan fingerprint density at radius 2 is 1.80 bits per heavy atom.